The lowest BCUT2D eigenvalue weighted by atomic mass is 10.0. The normalized spacial score (nSPS) is 22.1. The van der Waals surface area contributed by atoms with Crippen LogP contribution >= 0.6 is 11.6 Å². The minimum Gasteiger partial charge on any atom is -0.497 e. The molecule has 0 aliphatic carbocycles. The van der Waals surface area contributed by atoms with Crippen LogP contribution in [-0.2, 0) is 14.3 Å². The Morgan fingerprint density at radius 3 is 2.52 bits per heavy atom. The summed E-state index contributed by atoms with van der Waals surface area (Å²) in [4.78, 5) is 29.1. The van der Waals surface area contributed by atoms with Crippen molar-refractivity contribution < 1.29 is 19.1 Å². The van der Waals surface area contributed by atoms with Gasteiger partial charge in [0.1, 0.15) is 11.9 Å². The molecule has 2 unspecified atom stereocenters. The number of rotatable bonds is 4. The average Bonchev–Trinajstić information content (AvgIpc) is 3.15. The van der Waals surface area contributed by atoms with Gasteiger partial charge in [-0.15, -0.1) is 0 Å². The van der Waals surface area contributed by atoms with Gasteiger partial charge >= 0.3 is 0 Å². The lowest BCUT2D eigenvalue weighted by Crippen LogP contribution is -2.45. The maximum Gasteiger partial charge on any atom is 0.228 e. The largest absolute Gasteiger partial charge is 0.497 e. The first-order chi connectivity index (χ1) is 14.0. The van der Waals surface area contributed by atoms with Crippen molar-refractivity contribution in [3.05, 3.63) is 59.1 Å². The van der Waals surface area contributed by atoms with Crippen molar-refractivity contribution in [3.63, 3.8) is 0 Å². The van der Waals surface area contributed by atoms with Gasteiger partial charge in [-0.05, 0) is 42.0 Å². The highest BCUT2D eigenvalue weighted by Gasteiger charge is 2.38. The van der Waals surface area contributed by atoms with Gasteiger partial charge in [0.2, 0.25) is 11.8 Å². The van der Waals surface area contributed by atoms with Crippen molar-refractivity contribution in [2.24, 2.45) is 5.92 Å². The van der Waals surface area contributed by atoms with E-state index in [1.54, 1.807) is 12.0 Å². The molecule has 7 heteroatoms. The molecule has 29 heavy (non-hydrogen) atoms. The summed E-state index contributed by atoms with van der Waals surface area (Å²) in [5.41, 5.74) is 1.78. The summed E-state index contributed by atoms with van der Waals surface area (Å²) >= 11 is 5.96. The first-order valence-electron chi connectivity index (χ1n) is 9.65. The molecule has 2 aromatic rings. The van der Waals surface area contributed by atoms with E-state index >= 15 is 0 Å². The lowest BCUT2D eigenvalue weighted by Gasteiger charge is -2.34. The van der Waals surface area contributed by atoms with E-state index in [1.807, 2.05) is 53.4 Å². The van der Waals surface area contributed by atoms with E-state index in [4.69, 9.17) is 21.1 Å². The van der Waals surface area contributed by atoms with Crippen LogP contribution in [0, 0.1) is 5.92 Å². The summed E-state index contributed by atoms with van der Waals surface area (Å²) in [6.45, 7) is 1.89. The van der Waals surface area contributed by atoms with E-state index in [2.05, 4.69) is 0 Å². The van der Waals surface area contributed by atoms with Crippen LogP contribution in [0.3, 0.4) is 0 Å². The van der Waals surface area contributed by atoms with Gasteiger partial charge in [0.05, 0.1) is 26.2 Å². The van der Waals surface area contributed by atoms with E-state index in [1.165, 1.54) is 0 Å². The highest BCUT2D eigenvalue weighted by atomic mass is 35.5. The second-order valence-electron chi connectivity index (χ2n) is 7.30. The van der Waals surface area contributed by atoms with Crippen molar-refractivity contribution in [2.45, 2.75) is 12.5 Å². The number of benzene rings is 2. The zero-order valence-corrected chi connectivity index (χ0v) is 17.0. The Kier molecular flexibility index (Phi) is 5.74. The molecule has 2 aliphatic heterocycles. The number of morpholine rings is 1. The first-order valence-corrected chi connectivity index (χ1v) is 10.0. The molecule has 152 valence electrons. The van der Waals surface area contributed by atoms with E-state index in [0.717, 1.165) is 17.0 Å². The number of carbonyl (C=O) groups excluding carboxylic acids is 2. The zero-order chi connectivity index (χ0) is 20.4. The monoisotopic (exact) mass is 414 g/mol. The Balaban J connectivity index is 1.42. The minimum atomic E-state index is -0.339. The lowest BCUT2D eigenvalue weighted by molar-refractivity contribution is -0.143. The fraction of sp³-hybridized carbons (Fsp3) is 0.364. The molecule has 2 fully saturated rings. The van der Waals surface area contributed by atoms with Crippen LogP contribution in [0.25, 0.3) is 0 Å². The van der Waals surface area contributed by atoms with Gasteiger partial charge in [-0.1, -0.05) is 23.7 Å². The van der Waals surface area contributed by atoms with E-state index in [0.29, 0.717) is 31.3 Å². The Morgan fingerprint density at radius 1 is 1.10 bits per heavy atom. The van der Waals surface area contributed by atoms with Crippen LogP contribution in [0.2, 0.25) is 5.02 Å². The van der Waals surface area contributed by atoms with Crippen LogP contribution in [0.1, 0.15) is 18.1 Å². The van der Waals surface area contributed by atoms with Crippen LogP contribution in [0.15, 0.2) is 48.5 Å². The molecule has 6 nitrogen and oxygen atoms in total. The maximum atomic E-state index is 13.1. The molecule has 2 aromatic carbocycles. The van der Waals surface area contributed by atoms with Gasteiger partial charge in [0, 0.05) is 30.2 Å². The number of ether oxygens (including phenoxy) is 2. The minimum absolute atomic E-state index is 0.0108. The summed E-state index contributed by atoms with van der Waals surface area (Å²) < 4.78 is 11.0. The molecule has 2 amide bonds. The Hall–Kier alpha value is -2.57. The van der Waals surface area contributed by atoms with Crippen molar-refractivity contribution in [1.82, 2.24) is 4.90 Å². The molecule has 4 rings (SSSR count). The molecule has 0 radical (unpaired) electrons. The van der Waals surface area contributed by atoms with Gasteiger partial charge in [0.25, 0.3) is 0 Å². The number of anilines is 1. The third-order valence-corrected chi connectivity index (χ3v) is 5.73. The molecular formula is C22H23ClN2O4. The van der Waals surface area contributed by atoms with Gasteiger partial charge in [-0.25, -0.2) is 0 Å². The van der Waals surface area contributed by atoms with Crippen LogP contribution in [-0.4, -0.2) is 50.1 Å². The topological polar surface area (TPSA) is 59.1 Å². The molecule has 0 spiro atoms. The molecular weight excluding hydrogens is 392 g/mol. The number of hydrogen-bond acceptors (Lipinski definition) is 4. The third-order valence-electron chi connectivity index (χ3n) is 5.48. The van der Waals surface area contributed by atoms with Crippen LogP contribution in [0.5, 0.6) is 5.75 Å². The molecule has 2 saturated heterocycles. The van der Waals surface area contributed by atoms with Gasteiger partial charge < -0.3 is 19.3 Å². The van der Waals surface area contributed by atoms with Gasteiger partial charge in [-0.3, -0.25) is 9.59 Å². The van der Waals surface area contributed by atoms with Crippen molar-refractivity contribution in [3.8, 4) is 5.75 Å². The zero-order valence-electron chi connectivity index (χ0n) is 16.2. The Morgan fingerprint density at radius 2 is 1.83 bits per heavy atom. The summed E-state index contributed by atoms with van der Waals surface area (Å²) in [5.74, 6) is 0.371. The summed E-state index contributed by atoms with van der Waals surface area (Å²) in [6.07, 6.45) is 0.0492. The SMILES string of the molecule is COc1ccc(N2CC(C(=O)N3CCOC(c4ccc(Cl)cc4)C3)CC2=O)cc1. The number of halogens is 1. The van der Waals surface area contributed by atoms with Crippen molar-refractivity contribution >= 4 is 29.1 Å². The van der Waals surface area contributed by atoms with Crippen molar-refractivity contribution in [2.75, 3.05) is 38.3 Å². The highest BCUT2D eigenvalue weighted by Crippen LogP contribution is 2.30. The fourth-order valence-electron chi connectivity index (χ4n) is 3.87. The van der Waals surface area contributed by atoms with E-state index in [9.17, 15) is 9.59 Å². The number of amides is 2. The molecule has 2 atom stereocenters. The Labute approximate surface area is 174 Å². The highest BCUT2D eigenvalue weighted by molar-refractivity contribution is 6.30. The molecule has 0 bridgehead atoms. The summed E-state index contributed by atoms with van der Waals surface area (Å²) in [5, 5.41) is 0.667. The van der Waals surface area contributed by atoms with E-state index in [-0.39, 0.29) is 30.3 Å². The maximum absolute atomic E-state index is 13.1. The first kappa shape index (κ1) is 19.7. The third kappa shape index (κ3) is 4.23. The van der Waals surface area contributed by atoms with Gasteiger partial charge in [-0.2, -0.15) is 0 Å². The molecule has 2 heterocycles. The molecule has 0 aromatic heterocycles. The summed E-state index contributed by atoms with van der Waals surface area (Å²) in [6, 6.07) is 14.8. The second kappa shape index (κ2) is 8.43. The standard InChI is InChI=1S/C22H23ClN2O4/c1-28-19-8-6-18(7-9-19)25-13-16(12-21(25)26)22(27)24-10-11-29-20(14-24)15-2-4-17(23)5-3-15/h2-9,16,20H,10-14H2,1H3. The predicted octanol–water partition coefficient (Wildman–Crippen LogP) is 3.30. The number of methoxy groups -OCH3 is 1. The fourth-order valence-corrected chi connectivity index (χ4v) is 4.00. The predicted molar refractivity (Wildman–Crippen MR) is 110 cm³/mol. The van der Waals surface area contributed by atoms with Crippen LogP contribution < -0.4 is 9.64 Å². The Bertz CT molecular complexity index is 885. The van der Waals surface area contributed by atoms with Gasteiger partial charge in [0.15, 0.2) is 0 Å². The number of nitrogens with zero attached hydrogens (tertiary/aromatic N) is 2. The van der Waals surface area contributed by atoms with Crippen LogP contribution in [0.4, 0.5) is 5.69 Å². The van der Waals surface area contributed by atoms with Crippen molar-refractivity contribution in [1.29, 1.82) is 0 Å². The smallest absolute Gasteiger partial charge is 0.228 e. The second-order valence-corrected chi connectivity index (χ2v) is 7.74. The average molecular weight is 415 g/mol. The van der Waals surface area contributed by atoms with E-state index < -0.39 is 0 Å². The molecule has 2 aliphatic rings. The number of hydrogen-bond donors (Lipinski definition) is 0. The quantitative estimate of drug-likeness (QED) is 0.770. The number of carbonyl (C=O) groups is 2. The molecule has 0 N–H and O–H groups in total. The molecule has 0 saturated carbocycles. The summed E-state index contributed by atoms with van der Waals surface area (Å²) in [7, 11) is 1.60.